The molecule has 2 aromatic carbocycles. The van der Waals surface area contributed by atoms with E-state index >= 15 is 0 Å². The maximum absolute atomic E-state index is 13.5. The van der Waals surface area contributed by atoms with Crippen molar-refractivity contribution in [3.63, 3.8) is 0 Å². The number of fused-ring (bicyclic) bond motifs is 5. The molecule has 3 aliphatic rings. The molecule has 0 unspecified atom stereocenters. The number of nitrogens with one attached hydrogen (secondary N) is 1. The first-order chi connectivity index (χ1) is 16.8. The Bertz CT molecular complexity index is 1330. The van der Waals surface area contributed by atoms with Gasteiger partial charge in [0.15, 0.2) is 4.33 Å². The first-order valence-corrected chi connectivity index (χ1v) is 12.9. The molecular formula is C23H13Cl7N2O4. The van der Waals surface area contributed by atoms with E-state index in [0.29, 0.717) is 16.5 Å². The number of halogens is 7. The number of alkyl halides is 4. The molecule has 2 bridgehead atoms. The summed E-state index contributed by atoms with van der Waals surface area (Å²) in [5, 5.41) is 2.79. The van der Waals surface area contributed by atoms with E-state index in [2.05, 4.69) is 5.32 Å². The van der Waals surface area contributed by atoms with E-state index in [-0.39, 0.29) is 21.3 Å². The van der Waals surface area contributed by atoms with Crippen LogP contribution in [-0.2, 0) is 9.59 Å². The summed E-state index contributed by atoms with van der Waals surface area (Å²) in [4.78, 5) is 36.8. The Morgan fingerprint density at radius 2 is 1.42 bits per heavy atom. The molecule has 1 N–H and O–H groups in total. The number of hydrogen-bond acceptors (Lipinski definition) is 4. The molecule has 2 aliphatic carbocycles. The minimum atomic E-state index is -2.01. The molecule has 2 aromatic rings. The van der Waals surface area contributed by atoms with Crippen LogP contribution in [0.5, 0.6) is 5.75 Å². The second kappa shape index (κ2) is 8.57. The van der Waals surface area contributed by atoms with Gasteiger partial charge in [-0.05, 0) is 42.5 Å². The SMILES string of the molecule is COc1ccc(Cl)cc1NC(=O)c1ccc(N2C(=O)[C@H]3[C@H](C2=O)[C@@]2(Cl)C(Cl)=C(Cl)[C@@]3(Cl)C2(Cl)Cl)cc1. The number of nitrogens with zero attached hydrogens (tertiary/aromatic N) is 1. The monoisotopic (exact) mass is 626 g/mol. The molecule has 0 radical (unpaired) electrons. The molecule has 4 atom stereocenters. The highest BCUT2D eigenvalue weighted by Crippen LogP contribution is 2.77. The third-order valence-corrected chi connectivity index (χ3v) is 11.2. The summed E-state index contributed by atoms with van der Waals surface area (Å²) in [6.45, 7) is 0. The van der Waals surface area contributed by atoms with E-state index < -0.39 is 43.6 Å². The Morgan fingerprint density at radius 3 is 1.92 bits per heavy atom. The molecule has 1 heterocycles. The van der Waals surface area contributed by atoms with E-state index in [0.717, 1.165) is 4.90 Å². The average Bonchev–Trinajstić information content (AvgIpc) is 3.23. The van der Waals surface area contributed by atoms with Crippen LogP contribution >= 0.6 is 81.2 Å². The summed E-state index contributed by atoms with van der Waals surface area (Å²) in [7, 11) is 1.46. The Labute approximate surface area is 240 Å². The normalized spacial score (nSPS) is 30.2. The quantitative estimate of drug-likeness (QED) is 0.308. The highest BCUT2D eigenvalue weighted by molar-refractivity contribution is 6.67. The van der Waals surface area contributed by atoms with Gasteiger partial charge in [0.25, 0.3) is 5.91 Å². The highest BCUT2D eigenvalue weighted by Gasteiger charge is 2.87. The predicted octanol–water partition coefficient (Wildman–Crippen LogP) is 6.55. The van der Waals surface area contributed by atoms with Gasteiger partial charge in [-0.25, -0.2) is 4.90 Å². The fourth-order valence-electron chi connectivity index (χ4n) is 4.98. The molecule has 1 saturated heterocycles. The van der Waals surface area contributed by atoms with Gasteiger partial charge < -0.3 is 10.1 Å². The molecule has 0 aromatic heterocycles. The predicted molar refractivity (Wildman–Crippen MR) is 142 cm³/mol. The number of methoxy groups -OCH3 is 1. The topological polar surface area (TPSA) is 75.7 Å². The van der Waals surface area contributed by atoms with E-state index in [1.165, 1.54) is 31.4 Å². The number of amides is 3. The summed E-state index contributed by atoms with van der Waals surface area (Å²) in [5.41, 5.74) is 0.813. The standard InChI is InChI=1S/C23H13Cl7N2O4/c1-36-13-7-4-10(24)8-12(13)31-18(33)9-2-5-11(6-3-9)32-19(34)14-15(20(32)35)22(28)17(26)16(25)21(14,27)23(22,29)30/h2-8,14-15H,1H3,(H,31,33)/t14-,15-,21-,22-/m1/s1. The zero-order valence-corrected chi connectivity index (χ0v) is 23.2. The molecule has 5 rings (SSSR count). The van der Waals surface area contributed by atoms with Gasteiger partial charge in [0.1, 0.15) is 15.5 Å². The Morgan fingerprint density at radius 1 is 0.889 bits per heavy atom. The molecule has 6 nitrogen and oxygen atoms in total. The second-order valence-electron chi connectivity index (χ2n) is 8.44. The first-order valence-electron chi connectivity index (χ1n) is 10.3. The zero-order valence-electron chi connectivity index (χ0n) is 17.9. The zero-order chi connectivity index (χ0) is 26.4. The molecule has 3 amide bonds. The van der Waals surface area contributed by atoms with Gasteiger partial charge in [0.2, 0.25) is 11.8 Å². The van der Waals surface area contributed by atoms with Crippen molar-refractivity contribution >= 4 is 110 Å². The van der Waals surface area contributed by atoms with Crippen LogP contribution in [0.15, 0.2) is 52.5 Å². The van der Waals surface area contributed by atoms with Gasteiger partial charge >= 0.3 is 0 Å². The molecule has 13 heteroatoms. The minimum absolute atomic E-state index is 0.168. The summed E-state index contributed by atoms with van der Waals surface area (Å²) in [6.07, 6.45) is 0. The number of carbonyl (C=O) groups is 3. The first kappa shape index (κ1) is 26.2. The number of imide groups is 1. The summed E-state index contributed by atoms with van der Waals surface area (Å²) in [6, 6.07) is 10.6. The van der Waals surface area contributed by atoms with Crippen LogP contribution in [0.2, 0.25) is 5.02 Å². The molecule has 36 heavy (non-hydrogen) atoms. The van der Waals surface area contributed by atoms with Crippen molar-refractivity contribution in [1.82, 2.24) is 0 Å². The van der Waals surface area contributed by atoms with E-state index in [4.69, 9.17) is 85.9 Å². The van der Waals surface area contributed by atoms with Gasteiger partial charge in [0, 0.05) is 10.6 Å². The fraction of sp³-hybridized carbons (Fsp3) is 0.261. The van der Waals surface area contributed by atoms with Crippen LogP contribution in [0.25, 0.3) is 0 Å². The number of benzene rings is 2. The summed E-state index contributed by atoms with van der Waals surface area (Å²) >= 11 is 45.1. The van der Waals surface area contributed by atoms with Crippen LogP contribution < -0.4 is 15.0 Å². The Balaban J connectivity index is 1.44. The van der Waals surface area contributed by atoms with Gasteiger partial charge in [0.05, 0.1) is 40.4 Å². The van der Waals surface area contributed by atoms with Crippen molar-refractivity contribution in [2.75, 3.05) is 17.3 Å². The van der Waals surface area contributed by atoms with Gasteiger partial charge in [-0.1, -0.05) is 58.0 Å². The van der Waals surface area contributed by atoms with Crippen molar-refractivity contribution in [2.45, 2.75) is 14.1 Å². The smallest absolute Gasteiger partial charge is 0.255 e. The lowest BCUT2D eigenvalue weighted by Gasteiger charge is -2.34. The largest absolute Gasteiger partial charge is 0.495 e. The third kappa shape index (κ3) is 3.16. The van der Waals surface area contributed by atoms with Crippen LogP contribution in [0.4, 0.5) is 11.4 Å². The molecule has 188 valence electrons. The Hall–Kier alpha value is -1.38. The lowest BCUT2D eigenvalue weighted by atomic mass is 9.84. The van der Waals surface area contributed by atoms with Gasteiger partial charge in [-0.2, -0.15) is 0 Å². The maximum atomic E-state index is 13.5. The van der Waals surface area contributed by atoms with Crippen molar-refractivity contribution in [2.24, 2.45) is 11.8 Å². The average molecular weight is 630 g/mol. The lowest BCUT2D eigenvalue weighted by molar-refractivity contribution is -0.123. The molecular weight excluding hydrogens is 616 g/mol. The molecule has 2 fully saturated rings. The number of carbonyl (C=O) groups excluding carboxylic acids is 3. The van der Waals surface area contributed by atoms with E-state index in [1.807, 2.05) is 0 Å². The van der Waals surface area contributed by atoms with Crippen LogP contribution in [0.1, 0.15) is 10.4 Å². The van der Waals surface area contributed by atoms with Crippen molar-refractivity contribution in [3.8, 4) is 5.75 Å². The van der Waals surface area contributed by atoms with Crippen molar-refractivity contribution in [3.05, 3.63) is 63.1 Å². The van der Waals surface area contributed by atoms with Crippen LogP contribution in [-0.4, -0.2) is 38.9 Å². The third-order valence-electron chi connectivity index (χ3n) is 6.71. The summed E-state index contributed by atoms with van der Waals surface area (Å²) < 4.78 is 3.23. The van der Waals surface area contributed by atoms with Crippen molar-refractivity contribution in [1.29, 1.82) is 0 Å². The van der Waals surface area contributed by atoms with E-state index in [9.17, 15) is 14.4 Å². The number of allylic oxidation sites excluding steroid dienone is 2. The second-order valence-corrected chi connectivity index (χ2v) is 12.2. The maximum Gasteiger partial charge on any atom is 0.255 e. The van der Waals surface area contributed by atoms with Gasteiger partial charge in [-0.15, -0.1) is 23.2 Å². The molecule has 1 saturated carbocycles. The molecule has 0 spiro atoms. The van der Waals surface area contributed by atoms with Crippen LogP contribution in [0, 0.1) is 11.8 Å². The van der Waals surface area contributed by atoms with E-state index in [1.54, 1.807) is 18.2 Å². The number of anilines is 2. The van der Waals surface area contributed by atoms with Crippen molar-refractivity contribution < 1.29 is 19.1 Å². The van der Waals surface area contributed by atoms with Gasteiger partial charge in [-0.3, -0.25) is 14.4 Å². The summed E-state index contributed by atoms with van der Waals surface area (Å²) in [5.74, 6) is -3.90. The minimum Gasteiger partial charge on any atom is -0.495 e. The van der Waals surface area contributed by atoms with Crippen LogP contribution in [0.3, 0.4) is 0 Å². The fourth-order valence-corrected chi connectivity index (χ4v) is 8.08. The number of rotatable bonds is 4. The molecule has 1 aliphatic heterocycles. The highest BCUT2D eigenvalue weighted by atomic mass is 35.5. The Kier molecular flexibility index (Phi) is 6.24. The number of ether oxygens (including phenoxy) is 1. The number of hydrogen-bond donors (Lipinski definition) is 1. The lowest BCUT2D eigenvalue weighted by Crippen LogP contribution is -2.50.